The zero-order valence-electron chi connectivity index (χ0n) is 22.9. The number of methoxy groups -OCH3 is 1. The van der Waals surface area contributed by atoms with Crippen molar-refractivity contribution < 1.29 is 27.1 Å². The van der Waals surface area contributed by atoms with Crippen LogP contribution in [0.2, 0.25) is 5.02 Å². The van der Waals surface area contributed by atoms with E-state index in [-0.39, 0.29) is 39.8 Å². The van der Waals surface area contributed by atoms with Gasteiger partial charge in [-0.3, -0.25) is 13.9 Å². The number of rotatable bonds is 11. The first-order valence-corrected chi connectivity index (χ1v) is 15.2. The van der Waals surface area contributed by atoms with E-state index < -0.39 is 34.3 Å². The van der Waals surface area contributed by atoms with Crippen LogP contribution in [0.25, 0.3) is 0 Å². The Morgan fingerprint density at radius 1 is 1.05 bits per heavy atom. The van der Waals surface area contributed by atoms with Crippen molar-refractivity contribution in [1.29, 1.82) is 0 Å². The monoisotopic (exact) mass is 601 g/mol. The SMILES string of the molecule is COc1ccc(Cl)cc1N(CC(=O)N(Cc1ccc(F)cc1)[C@H](C)C(=O)NC1CCCC1)S(=O)(=O)c1ccccc1. The zero-order valence-corrected chi connectivity index (χ0v) is 24.5. The average molecular weight is 602 g/mol. The molecule has 0 heterocycles. The fourth-order valence-corrected chi connectivity index (χ4v) is 6.46. The highest BCUT2D eigenvalue weighted by atomic mass is 35.5. The van der Waals surface area contributed by atoms with E-state index in [0.29, 0.717) is 5.56 Å². The maximum atomic E-state index is 14.0. The van der Waals surface area contributed by atoms with E-state index in [1.807, 2.05) is 0 Å². The van der Waals surface area contributed by atoms with Crippen molar-refractivity contribution in [2.45, 2.75) is 56.1 Å². The number of hydrogen-bond acceptors (Lipinski definition) is 5. The van der Waals surface area contributed by atoms with Gasteiger partial charge in [0.2, 0.25) is 11.8 Å². The molecule has 2 amide bonds. The lowest BCUT2D eigenvalue weighted by Gasteiger charge is -2.33. The van der Waals surface area contributed by atoms with E-state index >= 15 is 0 Å². The summed E-state index contributed by atoms with van der Waals surface area (Å²) in [5.74, 6) is -1.22. The number of halogens is 2. The number of carbonyl (C=O) groups excluding carboxylic acids is 2. The second-order valence-corrected chi connectivity index (χ2v) is 12.3. The largest absolute Gasteiger partial charge is 0.495 e. The van der Waals surface area contributed by atoms with Gasteiger partial charge in [0.25, 0.3) is 10.0 Å². The van der Waals surface area contributed by atoms with E-state index in [9.17, 15) is 22.4 Å². The molecule has 1 N–H and O–H groups in total. The van der Waals surface area contributed by atoms with Crippen molar-refractivity contribution in [1.82, 2.24) is 10.2 Å². The molecule has 0 aromatic heterocycles. The van der Waals surface area contributed by atoms with Gasteiger partial charge >= 0.3 is 0 Å². The molecular formula is C30H33ClFN3O5S. The van der Waals surface area contributed by atoms with Gasteiger partial charge in [0, 0.05) is 17.6 Å². The van der Waals surface area contributed by atoms with Gasteiger partial charge in [-0.25, -0.2) is 12.8 Å². The number of carbonyl (C=O) groups is 2. The number of hydrogen-bond donors (Lipinski definition) is 1. The first-order chi connectivity index (χ1) is 19.6. The lowest BCUT2D eigenvalue weighted by molar-refractivity contribution is -0.139. The highest BCUT2D eigenvalue weighted by molar-refractivity contribution is 7.92. The summed E-state index contributed by atoms with van der Waals surface area (Å²) in [5.41, 5.74) is 0.653. The summed E-state index contributed by atoms with van der Waals surface area (Å²) in [6.07, 6.45) is 3.76. The van der Waals surface area contributed by atoms with E-state index in [0.717, 1.165) is 30.0 Å². The first kappa shape index (κ1) is 30.3. The van der Waals surface area contributed by atoms with E-state index in [1.54, 1.807) is 31.2 Å². The Kier molecular flexibility index (Phi) is 9.88. The van der Waals surface area contributed by atoms with Gasteiger partial charge in [-0.05, 0) is 67.8 Å². The quantitative estimate of drug-likeness (QED) is 0.328. The van der Waals surface area contributed by atoms with E-state index in [4.69, 9.17) is 16.3 Å². The summed E-state index contributed by atoms with van der Waals surface area (Å²) in [6.45, 7) is 0.919. The molecule has 1 aliphatic carbocycles. The Morgan fingerprint density at radius 2 is 1.71 bits per heavy atom. The minimum atomic E-state index is -4.28. The molecule has 41 heavy (non-hydrogen) atoms. The van der Waals surface area contributed by atoms with Crippen molar-refractivity contribution in [3.05, 3.63) is 89.2 Å². The van der Waals surface area contributed by atoms with Crippen molar-refractivity contribution in [2.24, 2.45) is 0 Å². The number of nitrogens with zero attached hydrogens (tertiary/aromatic N) is 2. The maximum absolute atomic E-state index is 14.0. The Hall–Kier alpha value is -3.63. The van der Waals surface area contributed by atoms with Crippen LogP contribution < -0.4 is 14.4 Å². The molecular weight excluding hydrogens is 569 g/mol. The molecule has 1 fully saturated rings. The molecule has 4 rings (SSSR count). The van der Waals surface area contributed by atoms with Gasteiger partial charge < -0.3 is 15.0 Å². The summed E-state index contributed by atoms with van der Waals surface area (Å²) in [6, 6.07) is 16.9. The second kappa shape index (κ2) is 13.4. The molecule has 1 aliphatic rings. The van der Waals surface area contributed by atoms with Gasteiger partial charge in [-0.1, -0.05) is 54.8 Å². The Labute approximate surface area is 245 Å². The summed E-state index contributed by atoms with van der Waals surface area (Å²) >= 11 is 6.25. The van der Waals surface area contributed by atoms with Gasteiger partial charge in [-0.2, -0.15) is 0 Å². The smallest absolute Gasteiger partial charge is 0.264 e. The van der Waals surface area contributed by atoms with Crippen LogP contribution in [-0.4, -0.2) is 50.9 Å². The van der Waals surface area contributed by atoms with Crippen LogP contribution in [0.15, 0.2) is 77.7 Å². The molecule has 0 radical (unpaired) electrons. The Morgan fingerprint density at radius 3 is 2.34 bits per heavy atom. The molecule has 1 atom stereocenters. The van der Waals surface area contributed by atoms with Gasteiger partial charge in [0.1, 0.15) is 24.2 Å². The summed E-state index contributed by atoms with van der Waals surface area (Å²) < 4.78 is 47.9. The predicted octanol–water partition coefficient (Wildman–Crippen LogP) is 5.16. The van der Waals surface area contributed by atoms with Gasteiger partial charge in [0.05, 0.1) is 17.7 Å². The standard InChI is InChI=1S/C30H33ClFN3O5S/c1-21(30(37)33-25-8-6-7-9-25)34(19-22-12-15-24(32)16-13-22)29(36)20-35(27-18-23(31)14-17-28(27)40-2)41(38,39)26-10-4-3-5-11-26/h3-5,10-18,21,25H,6-9,19-20H2,1-2H3,(H,33,37)/t21-/m1/s1. The lowest BCUT2D eigenvalue weighted by atomic mass is 10.1. The minimum Gasteiger partial charge on any atom is -0.495 e. The number of nitrogens with one attached hydrogen (secondary N) is 1. The normalized spacial score (nSPS) is 14.3. The summed E-state index contributed by atoms with van der Waals surface area (Å²) in [7, 11) is -2.89. The van der Waals surface area contributed by atoms with Crippen molar-refractivity contribution in [3.63, 3.8) is 0 Å². The molecule has 218 valence electrons. The highest BCUT2D eigenvalue weighted by Crippen LogP contribution is 2.35. The molecule has 0 saturated heterocycles. The summed E-state index contributed by atoms with van der Waals surface area (Å²) in [5, 5.41) is 3.26. The maximum Gasteiger partial charge on any atom is 0.264 e. The minimum absolute atomic E-state index is 0.0263. The second-order valence-electron chi connectivity index (χ2n) is 9.95. The van der Waals surface area contributed by atoms with Crippen molar-refractivity contribution in [2.75, 3.05) is 18.0 Å². The summed E-state index contributed by atoms with van der Waals surface area (Å²) in [4.78, 5) is 28.6. The molecule has 0 bridgehead atoms. The predicted molar refractivity (Wildman–Crippen MR) is 156 cm³/mol. The molecule has 3 aromatic rings. The topological polar surface area (TPSA) is 96.0 Å². The van der Waals surface area contributed by atoms with Crippen LogP contribution >= 0.6 is 11.6 Å². The number of ether oxygens (including phenoxy) is 1. The van der Waals surface area contributed by atoms with Crippen LogP contribution in [-0.2, 0) is 26.2 Å². The van der Waals surface area contributed by atoms with Crippen LogP contribution in [0.3, 0.4) is 0 Å². The molecule has 0 unspecified atom stereocenters. The van der Waals surface area contributed by atoms with Crippen LogP contribution in [0.4, 0.5) is 10.1 Å². The van der Waals surface area contributed by atoms with Crippen LogP contribution in [0.5, 0.6) is 5.75 Å². The fraction of sp³-hybridized carbons (Fsp3) is 0.333. The number of benzene rings is 3. The van der Waals surface area contributed by atoms with E-state index in [1.165, 1.54) is 60.5 Å². The first-order valence-electron chi connectivity index (χ1n) is 13.4. The fourth-order valence-electron chi connectivity index (χ4n) is 4.85. The molecule has 3 aromatic carbocycles. The third-order valence-corrected chi connectivity index (χ3v) is 9.16. The molecule has 8 nitrogen and oxygen atoms in total. The third-order valence-electron chi connectivity index (χ3n) is 7.15. The highest BCUT2D eigenvalue weighted by Gasteiger charge is 2.34. The van der Waals surface area contributed by atoms with Crippen LogP contribution in [0, 0.1) is 5.82 Å². The van der Waals surface area contributed by atoms with Crippen molar-refractivity contribution in [3.8, 4) is 5.75 Å². The number of sulfonamides is 1. The molecule has 1 saturated carbocycles. The lowest BCUT2D eigenvalue weighted by Crippen LogP contribution is -2.52. The molecule has 0 aliphatic heterocycles. The zero-order chi connectivity index (χ0) is 29.6. The molecule has 11 heteroatoms. The average Bonchev–Trinajstić information content (AvgIpc) is 3.48. The van der Waals surface area contributed by atoms with Gasteiger partial charge in [-0.15, -0.1) is 0 Å². The number of anilines is 1. The van der Waals surface area contributed by atoms with E-state index in [2.05, 4.69) is 5.32 Å². The number of amides is 2. The van der Waals surface area contributed by atoms with Crippen molar-refractivity contribution >= 4 is 39.1 Å². The molecule has 0 spiro atoms. The van der Waals surface area contributed by atoms with Gasteiger partial charge in [0.15, 0.2) is 0 Å². The third kappa shape index (κ3) is 7.37. The Bertz CT molecular complexity index is 1470. The van der Waals surface area contributed by atoms with Crippen LogP contribution in [0.1, 0.15) is 38.2 Å². The Balaban J connectivity index is 1.72.